The number of benzene rings is 1. The molecule has 3 N–H and O–H groups in total. The van der Waals surface area contributed by atoms with Crippen molar-refractivity contribution in [1.82, 2.24) is 9.55 Å². The van der Waals surface area contributed by atoms with Crippen LogP contribution in [0.1, 0.15) is 27.9 Å². The lowest BCUT2D eigenvalue weighted by Gasteiger charge is -2.06. The highest BCUT2D eigenvalue weighted by Crippen LogP contribution is 2.35. The van der Waals surface area contributed by atoms with E-state index in [9.17, 15) is 9.90 Å². The van der Waals surface area contributed by atoms with Gasteiger partial charge in [0.25, 0.3) is 0 Å². The molecule has 114 valence electrons. The molecule has 0 aliphatic carbocycles. The van der Waals surface area contributed by atoms with Crippen molar-refractivity contribution in [2.75, 3.05) is 5.73 Å². The maximum Gasteiger partial charge on any atom is 0.347 e. The number of hydrogen-bond acceptors (Lipinski definition) is 4. The molecule has 2 heterocycles. The van der Waals surface area contributed by atoms with Crippen LogP contribution in [0.15, 0.2) is 18.3 Å². The minimum Gasteiger partial charge on any atom is -0.477 e. The molecule has 6 heteroatoms. The number of nitrogens with two attached hydrogens (primary N) is 1. The number of thiazole rings is 1. The number of nitrogen functional groups attached to an aromatic ring is 1. The summed E-state index contributed by atoms with van der Waals surface area (Å²) < 4.78 is 2.12. The van der Waals surface area contributed by atoms with E-state index in [1.165, 1.54) is 11.3 Å². The summed E-state index contributed by atoms with van der Waals surface area (Å²) in [6.07, 6.45) is 2.08. The molecule has 0 saturated heterocycles. The average molecular weight is 315 g/mol. The fraction of sp³-hybridized carbons (Fsp3) is 0.250. The Hall–Kier alpha value is -2.34. The molecule has 0 radical (unpaired) electrons. The molecular formula is C16H17N3O2S. The van der Waals surface area contributed by atoms with Crippen LogP contribution in [0.4, 0.5) is 5.69 Å². The number of carboxylic acid groups (broad SMARTS) is 1. The zero-order valence-corrected chi connectivity index (χ0v) is 13.5. The zero-order chi connectivity index (χ0) is 16.0. The Morgan fingerprint density at radius 3 is 2.73 bits per heavy atom. The maximum atomic E-state index is 11.2. The molecular weight excluding hydrogens is 298 g/mol. The van der Waals surface area contributed by atoms with E-state index in [1.807, 2.05) is 19.1 Å². The fourth-order valence-electron chi connectivity index (χ4n) is 2.74. The summed E-state index contributed by atoms with van der Waals surface area (Å²) >= 11 is 1.18. The van der Waals surface area contributed by atoms with Crippen molar-refractivity contribution in [3.05, 3.63) is 34.5 Å². The average Bonchev–Trinajstić information content (AvgIpc) is 3.00. The maximum absolute atomic E-state index is 11.2. The molecule has 2 aromatic heterocycles. The van der Waals surface area contributed by atoms with E-state index < -0.39 is 5.97 Å². The number of rotatable bonds is 3. The number of nitrogens with zero attached hydrogens (tertiary/aromatic N) is 2. The monoisotopic (exact) mass is 315 g/mol. The van der Waals surface area contributed by atoms with Gasteiger partial charge >= 0.3 is 5.97 Å². The Morgan fingerprint density at radius 1 is 1.41 bits per heavy atom. The highest BCUT2D eigenvalue weighted by molar-refractivity contribution is 7.17. The Bertz CT molecular complexity index is 893. The normalized spacial score (nSPS) is 11.2. The van der Waals surface area contributed by atoms with Gasteiger partial charge in [0.15, 0.2) is 0 Å². The van der Waals surface area contributed by atoms with E-state index in [0.717, 1.165) is 28.6 Å². The van der Waals surface area contributed by atoms with Crippen molar-refractivity contribution in [1.29, 1.82) is 0 Å². The van der Waals surface area contributed by atoms with Crippen LogP contribution in [0.5, 0.6) is 0 Å². The van der Waals surface area contributed by atoms with E-state index in [1.54, 1.807) is 6.92 Å². The van der Waals surface area contributed by atoms with Gasteiger partial charge in [0, 0.05) is 23.7 Å². The smallest absolute Gasteiger partial charge is 0.347 e. The molecule has 0 spiro atoms. The topological polar surface area (TPSA) is 81.1 Å². The van der Waals surface area contributed by atoms with Gasteiger partial charge in [-0.05, 0) is 38.5 Å². The number of aromatic carboxylic acids is 1. The van der Waals surface area contributed by atoms with Crippen molar-refractivity contribution in [3.8, 4) is 10.6 Å². The quantitative estimate of drug-likeness (QED) is 0.722. The third-order valence-corrected chi connectivity index (χ3v) is 4.97. The van der Waals surface area contributed by atoms with E-state index in [4.69, 9.17) is 5.73 Å². The first-order valence-electron chi connectivity index (χ1n) is 7.02. The van der Waals surface area contributed by atoms with Gasteiger partial charge in [-0.1, -0.05) is 0 Å². The molecule has 0 unspecified atom stereocenters. The molecule has 0 amide bonds. The summed E-state index contributed by atoms with van der Waals surface area (Å²) in [4.78, 5) is 15.8. The van der Waals surface area contributed by atoms with Crippen LogP contribution in [0.2, 0.25) is 0 Å². The molecule has 0 atom stereocenters. The van der Waals surface area contributed by atoms with Crippen molar-refractivity contribution in [2.24, 2.45) is 0 Å². The van der Waals surface area contributed by atoms with Crippen LogP contribution in [-0.4, -0.2) is 20.6 Å². The molecule has 1 aromatic carbocycles. The predicted octanol–water partition coefficient (Wildman–Crippen LogP) is 3.68. The number of carboxylic acids is 1. The van der Waals surface area contributed by atoms with E-state index in [2.05, 4.69) is 22.7 Å². The van der Waals surface area contributed by atoms with Gasteiger partial charge < -0.3 is 15.4 Å². The van der Waals surface area contributed by atoms with Gasteiger partial charge in [0.1, 0.15) is 9.88 Å². The fourth-order valence-corrected chi connectivity index (χ4v) is 3.63. The molecule has 0 saturated carbocycles. The van der Waals surface area contributed by atoms with Crippen LogP contribution in [0.3, 0.4) is 0 Å². The predicted molar refractivity (Wildman–Crippen MR) is 89.6 cm³/mol. The van der Waals surface area contributed by atoms with Crippen LogP contribution in [0.25, 0.3) is 21.5 Å². The van der Waals surface area contributed by atoms with E-state index in [-0.39, 0.29) is 4.88 Å². The van der Waals surface area contributed by atoms with Crippen molar-refractivity contribution in [2.45, 2.75) is 27.3 Å². The summed E-state index contributed by atoms with van der Waals surface area (Å²) in [6.45, 7) is 6.70. The van der Waals surface area contributed by atoms with Gasteiger partial charge in [-0.15, -0.1) is 11.3 Å². The minimum atomic E-state index is -0.941. The second-order valence-electron chi connectivity index (χ2n) is 5.30. The number of carbonyl (C=O) groups is 1. The lowest BCUT2D eigenvalue weighted by Crippen LogP contribution is -1.96. The summed E-state index contributed by atoms with van der Waals surface area (Å²) in [7, 11) is 0. The third-order valence-electron chi connectivity index (χ3n) is 3.78. The van der Waals surface area contributed by atoms with Crippen LogP contribution in [0, 0.1) is 13.8 Å². The zero-order valence-electron chi connectivity index (χ0n) is 12.7. The van der Waals surface area contributed by atoms with Crippen molar-refractivity contribution >= 4 is 33.9 Å². The van der Waals surface area contributed by atoms with Crippen molar-refractivity contribution in [3.63, 3.8) is 0 Å². The van der Waals surface area contributed by atoms with Gasteiger partial charge in [0.05, 0.1) is 16.9 Å². The Balaban J connectivity index is 2.22. The number of fused-ring (bicyclic) bond motifs is 1. The number of aromatic nitrogens is 2. The molecule has 3 aromatic rings. The summed E-state index contributed by atoms with van der Waals surface area (Å²) in [5, 5.41) is 10.9. The number of aryl methyl sites for hydroxylation is 3. The van der Waals surface area contributed by atoms with Gasteiger partial charge in [-0.3, -0.25) is 0 Å². The first-order valence-corrected chi connectivity index (χ1v) is 7.84. The van der Waals surface area contributed by atoms with E-state index >= 15 is 0 Å². The highest BCUT2D eigenvalue weighted by Gasteiger charge is 2.17. The molecule has 0 aliphatic rings. The second kappa shape index (κ2) is 5.14. The molecule has 0 aliphatic heterocycles. The summed E-state index contributed by atoms with van der Waals surface area (Å²) in [5.74, 6) is -0.941. The second-order valence-corrected chi connectivity index (χ2v) is 6.30. The lowest BCUT2D eigenvalue weighted by atomic mass is 10.1. The summed E-state index contributed by atoms with van der Waals surface area (Å²) in [6, 6.07) is 3.91. The molecule has 0 bridgehead atoms. The summed E-state index contributed by atoms with van der Waals surface area (Å²) in [5.41, 5.74) is 10.5. The van der Waals surface area contributed by atoms with Crippen molar-refractivity contribution < 1.29 is 9.90 Å². The Morgan fingerprint density at radius 2 is 2.14 bits per heavy atom. The van der Waals surface area contributed by atoms with Gasteiger partial charge in [-0.2, -0.15) is 0 Å². The van der Waals surface area contributed by atoms with Crippen LogP contribution in [-0.2, 0) is 6.54 Å². The molecule has 3 rings (SSSR count). The van der Waals surface area contributed by atoms with E-state index in [0.29, 0.717) is 16.4 Å². The highest BCUT2D eigenvalue weighted by atomic mass is 32.1. The Labute approximate surface area is 132 Å². The van der Waals surface area contributed by atoms with Crippen LogP contribution >= 0.6 is 11.3 Å². The molecule has 22 heavy (non-hydrogen) atoms. The first kappa shape index (κ1) is 14.6. The number of hydrogen-bond donors (Lipinski definition) is 2. The largest absolute Gasteiger partial charge is 0.477 e. The lowest BCUT2D eigenvalue weighted by molar-refractivity contribution is 0.0701. The third kappa shape index (κ3) is 2.16. The first-order chi connectivity index (χ1) is 10.4. The van der Waals surface area contributed by atoms with Crippen LogP contribution < -0.4 is 5.73 Å². The van der Waals surface area contributed by atoms with Gasteiger partial charge in [-0.25, -0.2) is 9.78 Å². The Kier molecular flexibility index (Phi) is 3.41. The number of anilines is 1. The van der Waals surface area contributed by atoms with Gasteiger partial charge in [0.2, 0.25) is 0 Å². The minimum absolute atomic E-state index is 0.275. The molecule has 5 nitrogen and oxygen atoms in total. The standard InChI is InChI=1S/C16H17N3O2S/c1-4-19-7-8(2)11-5-10(6-12(17)13(11)19)15-18-9(3)14(22-15)16(20)21/h5-7H,4,17H2,1-3H3,(H,20,21). The molecule has 0 fully saturated rings. The SMILES string of the molecule is CCn1cc(C)c2cc(-c3nc(C)c(C(=O)O)s3)cc(N)c21.